The third kappa shape index (κ3) is 4.78. The molecule has 0 radical (unpaired) electrons. The van der Waals surface area contributed by atoms with Crippen molar-refractivity contribution >= 4 is 16.7 Å². The van der Waals surface area contributed by atoms with Crippen LogP contribution in [0.15, 0.2) is 60.7 Å². The molecule has 1 aliphatic rings. The fourth-order valence-corrected chi connectivity index (χ4v) is 4.83. The lowest BCUT2D eigenvalue weighted by Gasteiger charge is -2.22. The molecule has 3 aromatic rings. The average molecular weight is 436 g/mol. The Morgan fingerprint density at radius 1 is 1.09 bits per heavy atom. The van der Waals surface area contributed by atoms with Crippen LogP contribution in [0.2, 0.25) is 0 Å². The zero-order chi connectivity index (χ0) is 22.7. The third-order valence-corrected chi connectivity index (χ3v) is 6.57. The number of rotatable bonds is 8. The van der Waals surface area contributed by atoms with Gasteiger partial charge in [0.2, 0.25) is 0 Å². The van der Waals surface area contributed by atoms with Gasteiger partial charge in [-0.25, -0.2) is 9.18 Å². The van der Waals surface area contributed by atoms with E-state index in [4.69, 9.17) is 9.84 Å². The lowest BCUT2D eigenvalue weighted by Crippen LogP contribution is -2.29. The van der Waals surface area contributed by atoms with Crippen LogP contribution in [0.25, 0.3) is 10.8 Å². The van der Waals surface area contributed by atoms with E-state index in [1.54, 1.807) is 13.0 Å². The van der Waals surface area contributed by atoms with Gasteiger partial charge < -0.3 is 15.2 Å². The number of carbonyl (C=O) groups is 1. The SMILES string of the molecule is CCC(Oc1ccc([C@@H]2CCC(N[C@H](C)c3ccc(F)c4ccccc34)C2)cc1)C(=O)O. The van der Waals surface area contributed by atoms with Gasteiger partial charge in [0.05, 0.1) is 0 Å². The Kier molecular flexibility index (Phi) is 6.75. The van der Waals surface area contributed by atoms with Crippen molar-refractivity contribution in [3.05, 3.63) is 77.6 Å². The van der Waals surface area contributed by atoms with Gasteiger partial charge in [-0.2, -0.15) is 0 Å². The Labute approximate surface area is 188 Å². The fraction of sp³-hybridized carbons (Fsp3) is 0.370. The Morgan fingerprint density at radius 2 is 1.81 bits per heavy atom. The second-order valence-electron chi connectivity index (χ2n) is 8.70. The van der Waals surface area contributed by atoms with Crippen LogP contribution in [-0.4, -0.2) is 23.2 Å². The molecule has 2 unspecified atom stereocenters. The van der Waals surface area contributed by atoms with E-state index < -0.39 is 12.1 Å². The van der Waals surface area contributed by atoms with E-state index in [1.807, 2.05) is 54.6 Å². The number of fused-ring (bicyclic) bond motifs is 1. The Bertz CT molecular complexity index is 1080. The van der Waals surface area contributed by atoms with E-state index in [0.717, 1.165) is 30.2 Å². The molecule has 4 atom stereocenters. The summed E-state index contributed by atoms with van der Waals surface area (Å²) in [7, 11) is 0. The van der Waals surface area contributed by atoms with Crippen molar-refractivity contribution in [1.82, 2.24) is 5.32 Å². The zero-order valence-corrected chi connectivity index (χ0v) is 18.6. The molecule has 1 aliphatic carbocycles. The highest BCUT2D eigenvalue weighted by molar-refractivity contribution is 5.86. The van der Waals surface area contributed by atoms with E-state index in [2.05, 4.69) is 12.2 Å². The molecule has 0 saturated heterocycles. The second kappa shape index (κ2) is 9.70. The molecule has 5 heteroatoms. The highest BCUT2D eigenvalue weighted by Gasteiger charge is 2.27. The Balaban J connectivity index is 1.39. The van der Waals surface area contributed by atoms with E-state index in [9.17, 15) is 9.18 Å². The van der Waals surface area contributed by atoms with Gasteiger partial charge >= 0.3 is 5.97 Å². The predicted octanol–water partition coefficient (Wildman–Crippen LogP) is 6.21. The van der Waals surface area contributed by atoms with Gasteiger partial charge in [0, 0.05) is 17.5 Å². The highest BCUT2D eigenvalue weighted by Crippen LogP contribution is 2.37. The highest BCUT2D eigenvalue weighted by atomic mass is 19.1. The van der Waals surface area contributed by atoms with Crippen LogP contribution in [-0.2, 0) is 4.79 Å². The predicted molar refractivity (Wildman–Crippen MR) is 125 cm³/mol. The number of aliphatic carboxylic acids is 1. The van der Waals surface area contributed by atoms with Gasteiger partial charge in [0.15, 0.2) is 6.10 Å². The number of hydrogen-bond acceptors (Lipinski definition) is 3. The molecular formula is C27H30FNO3. The van der Waals surface area contributed by atoms with Gasteiger partial charge in [-0.15, -0.1) is 0 Å². The first-order chi connectivity index (χ1) is 15.5. The number of carboxylic acid groups (broad SMARTS) is 1. The van der Waals surface area contributed by atoms with Gasteiger partial charge in [-0.05, 0) is 73.2 Å². The molecule has 0 spiro atoms. The van der Waals surface area contributed by atoms with Crippen LogP contribution in [0, 0.1) is 5.82 Å². The van der Waals surface area contributed by atoms with Crippen LogP contribution in [0.4, 0.5) is 4.39 Å². The maximum Gasteiger partial charge on any atom is 0.344 e. The largest absolute Gasteiger partial charge is 0.479 e. The minimum absolute atomic E-state index is 0.127. The van der Waals surface area contributed by atoms with Crippen molar-refractivity contribution in [2.24, 2.45) is 0 Å². The molecule has 1 saturated carbocycles. The number of hydrogen-bond donors (Lipinski definition) is 2. The fourth-order valence-electron chi connectivity index (χ4n) is 4.83. The summed E-state index contributed by atoms with van der Waals surface area (Å²) in [6, 6.07) is 19.5. The molecule has 2 N–H and O–H groups in total. The third-order valence-electron chi connectivity index (χ3n) is 6.57. The van der Waals surface area contributed by atoms with Crippen molar-refractivity contribution in [2.45, 2.75) is 63.6 Å². The van der Waals surface area contributed by atoms with Crippen molar-refractivity contribution in [3.63, 3.8) is 0 Å². The topological polar surface area (TPSA) is 58.6 Å². The molecule has 0 aromatic heterocycles. The summed E-state index contributed by atoms with van der Waals surface area (Å²) in [6.07, 6.45) is 2.83. The molecule has 32 heavy (non-hydrogen) atoms. The maximum absolute atomic E-state index is 14.2. The number of benzene rings is 3. The van der Waals surface area contributed by atoms with Gasteiger partial charge in [-0.3, -0.25) is 0 Å². The van der Waals surface area contributed by atoms with Crippen molar-refractivity contribution in [3.8, 4) is 5.75 Å². The van der Waals surface area contributed by atoms with Crippen molar-refractivity contribution in [2.75, 3.05) is 0 Å². The quantitative estimate of drug-likeness (QED) is 0.442. The summed E-state index contributed by atoms with van der Waals surface area (Å²) in [5.41, 5.74) is 2.38. The van der Waals surface area contributed by atoms with E-state index in [-0.39, 0.29) is 11.9 Å². The van der Waals surface area contributed by atoms with E-state index in [1.165, 1.54) is 5.56 Å². The van der Waals surface area contributed by atoms with Gasteiger partial charge in [0.25, 0.3) is 0 Å². The van der Waals surface area contributed by atoms with Crippen LogP contribution >= 0.6 is 0 Å². The van der Waals surface area contributed by atoms with Crippen LogP contribution in [0.5, 0.6) is 5.75 Å². The molecule has 3 aromatic carbocycles. The molecule has 0 amide bonds. The van der Waals surface area contributed by atoms with Crippen LogP contribution in [0.3, 0.4) is 0 Å². The number of nitrogens with one attached hydrogen (secondary N) is 1. The molecular weight excluding hydrogens is 405 g/mol. The average Bonchev–Trinajstić information content (AvgIpc) is 3.26. The Morgan fingerprint density at radius 3 is 2.50 bits per heavy atom. The van der Waals surface area contributed by atoms with Crippen molar-refractivity contribution in [1.29, 1.82) is 0 Å². The zero-order valence-electron chi connectivity index (χ0n) is 18.6. The minimum Gasteiger partial charge on any atom is -0.479 e. The number of carboxylic acids is 1. The first-order valence-corrected chi connectivity index (χ1v) is 11.4. The second-order valence-corrected chi connectivity index (χ2v) is 8.70. The number of halogens is 1. The lowest BCUT2D eigenvalue weighted by atomic mass is 9.96. The first-order valence-electron chi connectivity index (χ1n) is 11.4. The van der Waals surface area contributed by atoms with Crippen molar-refractivity contribution < 1.29 is 19.0 Å². The first kappa shape index (κ1) is 22.3. The summed E-state index contributed by atoms with van der Waals surface area (Å²) in [6.45, 7) is 3.94. The number of ether oxygens (including phenoxy) is 1. The van der Waals surface area contributed by atoms with E-state index >= 15 is 0 Å². The standard InChI is InChI=1S/C27H30FNO3/c1-3-26(27(30)31)32-21-12-9-18(10-13-21)19-8-11-20(16-19)29-17(2)22-14-15-25(28)24-7-5-4-6-23(22)24/h4-7,9-10,12-15,17,19-20,26,29H,3,8,11,16H2,1-2H3,(H,30,31)/t17-,19-,20?,26?/m1/s1. The minimum atomic E-state index is -0.940. The molecule has 0 heterocycles. The summed E-state index contributed by atoms with van der Waals surface area (Å²) in [5.74, 6) is -0.0736. The molecule has 168 valence electrons. The van der Waals surface area contributed by atoms with Crippen LogP contribution in [0.1, 0.15) is 62.6 Å². The monoisotopic (exact) mass is 435 g/mol. The maximum atomic E-state index is 14.2. The normalized spacial score (nSPS) is 20.2. The summed E-state index contributed by atoms with van der Waals surface area (Å²) < 4.78 is 19.7. The Hall–Kier alpha value is -2.92. The molecule has 4 nitrogen and oxygen atoms in total. The van der Waals surface area contributed by atoms with Gasteiger partial charge in [0.1, 0.15) is 11.6 Å². The molecule has 0 bridgehead atoms. The molecule has 0 aliphatic heterocycles. The summed E-state index contributed by atoms with van der Waals surface area (Å²) in [4.78, 5) is 11.2. The molecule has 4 rings (SSSR count). The summed E-state index contributed by atoms with van der Waals surface area (Å²) in [5, 5.41) is 14.5. The summed E-state index contributed by atoms with van der Waals surface area (Å²) >= 11 is 0. The smallest absolute Gasteiger partial charge is 0.344 e. The van der Waals surface area contributed by atoms with Crippen LogP contribution < -0.4 is 10.1 Å². The van der Waals surface area contributed by atoms with Gasteiger partial charge in [-0.1, -0.05) is 49.4 Å². The van der Waals surface area contributed by atoms with E-state index in [0.29, 0.717) is 29.5 Å². The molecule has 1 fully saturated rings. The lowest BCUT2D eigenvalue weighted by molar-refractivity contribution is -0.145.